The molecule has 1 unspecified atom stereocenters. The van der Waals surface area contributed by atoms with Crippen LogP contribution in [0, 0.1) is 5.41 Å². The third-order valence-corrected chi connectivity index (χ3v) is 3.21. The molecule has 2 N–H and O–H groups in total. The van der Waals surface area contributed by atoms with E-state index >= 15 is 0 Å². The lowest BCUT2D eigenvalue weighted by atomic mass is 9.70. The van der Waals surface area contributed by atoms with Crippen molar-refractivity contribution in [2.45, 2.75) is 45.6 Å². The summed E-state index contributed by atoms with van der Waals surface area (Å²) in [4.78, 5) is 11.1. The zero-order chi connectivity index (χ0) is 10.6. The molecule has 0 heterocycles. The Kier molecular flexibility index (Phi) is 3.93. The first-order chi connectivity index (χ1) is 6.56. The maximum atomic E-state index is 11.1. The maximum Gasteiger partial charge on any atom is 0.221 e. The van der Waals surface area contributed by atoms with Crippen LogP contribution in [-0.4, -0.2) is 25.5 Å². The summed E-state index contributed by atoms with van der Waals surface area (Å²) in [6.45, 7) is 5.43. The molecule has 14 heavy (non-hydrogen) atoms. The van der Waals surface area contributed by atoms with Crippen molar-refractivity contribution in [2.24, 2.45) is 5.41 Å². The molecule has 3 nitrogen and oxygen atoms in total. The molecular formula is C11H22N2O. The lowest BCUT2D eigenvalue weighted by Crippen LogP contribution is -2.42. The van der Waals surface area contributed by atoms with Crippen molar-refractivity contribution in [3.63, 3.8) is 0 Å². The van der Waals surface area contributed by atoms with Crippen molar-refractivity contribution in [1.29, 1.82) is 0 Å². The van der Waals surface area contributed by atoms with E-state index in [9.17, 15) is 4.79 Å². The Hall–Kier alpha value is -0.570. The zero-order valence-corrected chi connectivity index (χ0v) is 9.52. The van der Waals surface area contributed by atoms with Crippen LogP contribution in [0.5, 0.6) is 0 Å². The molecule has 1 fully saturated rings. The van der Waals surface area contributed by atoms with Crippen molar-refractivity contribution < 1.29 is 4.79 Å². The second kappa shape index (κ2) is 4.78. The minimum absolute atomic E-state index is 0.115. The molecule has 0 saturated heterocycles. The van der Waals surface area contributed by atoms with Crippen LogP contribution < -0.4 is 10.6 Å². The molecule has 0 aliphatic heterocycles. The highest BCUT2D eigenvalue weighted by Gasteiger charge is 2.31. The first-order valence-corrected chi connectivity index (χ1v) is 5.50. The Bertz CT molecular complexity index is 199. The minimum atomic E-state index is 0.115. The Morgan fingerprint density at radius 1 is 1.50 bits per heavy atom. The molecule has 1 atom stereocenters. The van der Waals surface area contributed by atoms with Crippen LogP contribution in [0.4, 0.5) is 0 Å². The number of rotatable bonds is 5. The summed E-state index contributed by atoms with van der Waals surface area (Å²) in [5.74, 6) is 0.115. The van der Waals surface area contributed by atoms with Crippen LogP contribution in [-0.2, 0) is 4.79 Å². The van der Waals surface area contributed by atoms with Crippen molar-refractivity contribution in [1.82, 2.24) is 10.6 Å². The standard InChI is InChI=1S/C11H22N2O/c1-9(7-10(14)12-3)13-8-11(2)5-4-6-11/h9,13H,4-8H2,1-3H3,(H,12,14). The van der Waals surface area contributed by atoms with Gasteiger partial charge in [0.2, 0.25) is 5.91 Å². The Morgan fingerprint density at radius 2 is 2.14 bits per heavy atom. The molecular weight excluding hydrogens is 176 g/mol. The van der Waals surface area contributed by atoms with E-state index in [-0.39, 0.29) is 11.9 Å². The second-order valence-electron chi connectivity index (χ2n) is 4.82. The van der Waals surface area contributed by atoms with Gasteiger partial charge in [-0.2, -0.15) is 0 Å². The SMILES string of the molecule is CNC(=O)CC(C)NCC1(C)CCC1. The van der Waals surface area contributed by atoms with Crippen molar-refractivity contribution >= 4 is 5.91 Å². The lowest BCUT2D eigenvalue weighted by Gasteiger charge is -2.39. The normalized spacial score (nSPS) is 21.1. The first kappa shape index (κ1) is 11.5. The van der Waals surface area contributed by atoms with Gasteiger partial charge in [-0.05, 0) is 25.2 Å². The Labute approximate surface area is 86.6 Å². The molecule has 0 aromatic heterocycles. The summed E-state index contributed by atoms with van der Waals surface area (Å²) in [5.41, 5.74) is 0.497. The average molecular weight is 198 g/mol. The molecule has 3 heteroatoms. The summed E-state index contributed by atoms with van der Waals surface area (Å²) >= 11 is 0. The fourth-order valence-electron chi connectivity index (χ4n) is 1.83. The van der Waals surface area contributed by atoms with Crippen LogP contribution in [0.1, 0.15) is 39.5 Å². The van der Waals surface area contributed by atoms with Crippen LogP contribution in [0.25, 0.3) is 0 Å². The highest BCUT2D eigenvalue weighted by molar-refractivity contribution is 5.76. The second-order valence-corrected chi connectivity index (χ2v) is 4.82. The topological polar surface area (TPSA) is 41.1 Å². The van der Waals surface area contributed by atoms with Gasteiger partial charge in [0.25, 0.3) is 0 Å². The van der Waals surface area contributed by atoms with E-state index in [1.54, 1.807) is 7.05 Å². The van der Waals surface area contributed by atoms with Gasteiger partial charge in [0.15, 0.2) is 0 Å². The van der Waals surface area contributed by atoms with Crippen LogP contribution in [0.15, 0.2) is 0 Å². The summed E-state index contributed by atoms with van der Waals surface area (Å²) in [6.07, 6.45) is 4.59. The van der Waals surface area contributed by atoms with Gasteiger partial charge in [0, 0.05) is 26.1 Å². The molecule has 82 valence electrons. The van der Waals surface area contributed by atoms with Gasteiger partial charge in [-0.1, -0.05) is 13.3 Å². The molecule has 1 aliphatic carbocycles. The average Bonchev–Trinajstić information content (AvgIpc) is 2.11. The van der Waals surface area contributed by atoms with E-state index in [4.69, 9.17) is 0 Å². The number of hydrogen-bond acceptors (Lipinski definition) is 2. The van der Waals surface area contributed by atoms with Crippen LogP contribution in [0.2, 0.25) is 0 Å². The van der Waals surface area contributed by atoms with E-state index in [1.165, 1.54) is 19.3 Å². The Morgan fingerprint density at radius 3 is 2.57 bits per heavy atom. The summed E-state index contributed by atoms with van der Waals surface area (Å²) in [5, 5.41) is 6.07. The quantitative estimate of drug-likeness (QED) is 0.699. The van der Waals surface area contributed by atoms with E-state index in [2.05, 4.69) is 24.5 Å². The van der Waals surface area contributed by atoms with E-state index in [0.717, 1.165) is 6.54 Å². The molecule has 1 rings (SSSR count). The zero-order valence-electron chi connectivity index (χ0n) is 9.52. The van der Waals surface area contributed by atoms with Crippen LogP contribution >= 0.6 is 0 Å². The lowest BCUT2D eigenvalue weighted by molar-refractivity contribution is -0.121. The highest BCUT2D eigenvalue weighted by atomic mass is 16.1. The number of hydrogen-bond donors (Lipinski definition) is 2. The third-order valence-electron chi connectivity index (χ3n) is 3.21. The summed E-state index contributed by atoms with van der Waals surface area (Å²) < 4.78 is 0. The molecule has 0 aromatic carbocycles. The van der Waals surface area contributed by atoms with Crippen molar-refractivity contribution in [2.75, 3.05) is 13.6 Å². The van der Waals surface area contributed by atoms with Gasteiger partial charge in [-0.3, -0.25) is 4.79 Å². The van der Waals surface area contributed by atoms with Gasteiger partial charge in [-0.25, -0.2) is 0 Å². The summed E-state index contributed by atoms with van der Waals surface area (Å²) in [7, 11) is 1.68. The number of carbonyl (C=O) groups is 1. The smallest absolute Gasteiger partial charge is 0.221 e. The Balaban J connectivity index is 2.14. The monoisotopic (exact) mass is 198 g/mol. The van der Waals surface area contributed by atoms with Gasteiger partial charge in [-0.15, -0.1) is 0 Å². The molecule has 0 bridgehead atoms. The van der Waals surface area contributed by atoms with E-state index in [1.807, 2.05) is 0 Å². The van der Waals surface area contributed by atoms with Gasteiger partial charge >= 0.3 is 0 Å². The molecule has 1 aliphatic rings. The van der Waals surface area contributed by atoms with E-state index in [0.29, 0.717) is 11.8 Å². The molecule has 1 amide bonds. The maximum absolute atomic E-state index is 11.1. The van der Waals surface area contributed by atoms with Gasteiger partial charge in [0.1, 0.15) is 0 Å². The molecule has 1 saturated carbocycles. The fourth-order valence-corrected chi connectivity index (χ4v) is 1.83. The third kappa shape index (κ3) is 3.29. The molecule has 0 aromatic rings. The molecule has 0 radical (unpaired) electrons. The van der Waals surface area contributed by atoms with Crippen LogP contribution in [0.3, 0.4) is 0 Å². The number of amides is 1. The number of carbonyl (C=O) groups excluding carboxylic acids is 1. The minimum Gasteiger partial charge on any atom is -0.359 e. The first-order valence-electron chi connectivity index (χ1n) is 5.50. The fraction of sp³-hybridized carbons (Fsp3) is 0.909. The largest absolute Gasteiger partial charge is 0.359 e. The predicted molar refractivity (Wildman–Crippen MR) is 58.1 cm³/mol. The van der Waals surface area contributed by atoms with Crippen molar-refractivity contribution in [3.05, 3.63) is 0 Å². The van der Waals surface area contributed by atoms with E-state index < -0.39 is 0 Å². The van der Waals surface area contributed by atoms with Crippen molar-refractivity contribution in [3.8, 4) is 0 Å². The van der Waals surface area contributed by atoms with Gasteiger partial charge in [0.05, 0.1) is 0 Å². The highest BCUT2D eigenvalue weighted by Crippen LogP contribution is 2.39. The number of nitrogens with one attached hydrogen (secondary N) is 2. The van der Waals surface area contributed by atoms with Gasteiger partial charge < -0.3 is 10.6 Å². The predicted octanol–water partition coefficient (Wildman–Crippen LogP) is 1.29. The summed E-state index contributed by atoms with van der Waals surface area (Å²) in [6, 6.07) is 0.285. The molecule has 0 spiro atoms.